The maximum atomic E-state index is 12.6. The van der Waals surface area contributed by atoms with Crippen molar-refractivity contribution in [1.29, 1.82) is 0 Å². The molecule has 5 heteroatoms. The molecule has 0 aliphatic heterocycles. The molecule has 27 heavy (non-hydrogen) atoms. The molecule has 0 aromatic heterocycles. The zero-order valence-electron chi connectivity index (χ0n) is 16.7. The first kappa shape index (κ1) is 20.7. The van der Waals surface area contributed by atoms with Gasteiger partial charge in [-0.05, 0) is 27.9 Å². The highest BCUT2D eigenvalue weighted by Crippen LogP contribution is 2.35. The van der Waals surface area contributed by atoms with Gasteiger partial charge < -0.3 is 11.1 Å². The number of fused-ring (bicyclic) bond motifs is 1. The van der Waals surface area contributed by atoms with E-state index >= 15 is 0 Å². The van der Waals surface area contributed by atoms with E-state index in [0.29, 0.717) is 5.56 Å². The number of nitrogens with two attached hydrogens (primary N) is 1. The van der Waals surface area contributed by atoms with Gasteiger partial charge in [0.2, 0.25) is 5.91 Å². The number of primary amides is 1. The van der Waals surface area contributed by atoms with E-state index in [-0.39, 0.29) is 17.4 Å². The van der Waals surface area contributed by atoms with Gasteiger partial charge in [-0.3, -0.25) is 9.59 Å². The van der Waals surface area contributed by atoms with Gasteiger partial charge in [0.05, 0.1) is 0 Å². The molecule has 2 rings (SSSR count). The second-order valence-electron chi connectivity index (χ2n) is 8.37. The monoisotopic (exact) mass is 380 g/mol. The molecule has 142 valence electrons. The van der Waals surface area contributed by atoms with Crippen molar-refractivity contribution in [2.24, 2.45) is 5.73 Å². The first-order chi connectivity index (χ1) is 12.5. The summed E-state index contributed by atoms with van der Waals surface area (Å²) in [6.07, 6.45) is 0.223. The van der Waals surface area contributed by atoms with Gasteiger partial charge in [0.15, 0.2) is 0 Å². The van der Waals surface area contributed by atoms with Crippen molar-refractivity contribution < 1.29 is 9.59 Å². The van der Waals surface area contributed by atoms with Gasteiger partial charge in [0.1, 0.15) is 14.1 Å². The van der Waals surface area contributed by atoms with Crippen LogP contribution < -0.4 is 11.1 Å². The van der Waals surface area contributed by atoms with Crippen LogP contribution in [-0.4, -0.2) is 25.9 Å². The van der Waals surface area contributed by atoms with Gasteiger partial charge in [-0.2, -0.15) is 0 Å². The molecule has 0 bridgehead atoms. The molecular formula is C22H28N2O2Si. The number of benzene rings is 2. The van der Waals surface area contributed by atoms with Crippen LogP contribution >= 0.6 is 0 Å². The summed E-state index contributed by atoms with van der Waals surface area (Å²) in [6, 6.07) is 12.4. The van der Waals surface area contributed by atoms with Crippen LogP contribution in [0.2, 0.25) is 18.1 Å². The summed E-state index contributed by atoms with van der Waals surface area (Å²) in [7, 11) is -1.77. The average molecular weight is 381 g/mol. The van der Waals surface area contributed by atoms with E-state index in [9.17, 15) is 9.59 Å². The molecule has 0 heterocycles. The van der Waals surface area contributed by atoms with Gasteiger partial charge in [-0.1, -0.05) is 64.2 Å². The van der Waals surface area contributed by atoms with E-state index in [1.165, 1.54) is 0 Å². The number of amides is 2. The minimum atomic E-state index is -1.77. The van der Waals surface area contributed by atoms with Crippen LogP contribution in [0.5, 0.6) is 0 Å². The smallest absolute Gasteiger partial charge is 0.251 e. The largest absolute Gasteiger partial charge is 0.368 e. The Balaban J connectivity index is 2.13. The fraction of sp³-hybridized carbons (Fsp3) is 0.364. The number of hydrogen-bond acceptors (Lipinski definition) is 2. The van der Waals surface area contributed by atoms with Gasteiger partial charge >= 0.3 is 0 Å². The van der Waals surface area contributed by atoms with Gasteiger partial charge in [0.25, 0.3) is 5.91 Å². The third-order valence-corrected chi connectivity index (χ3v) is 9.79. The third-order valence-electron chi connectivity index (χ3n) is 5.24. The highest BCUT2D eigenvalue weighted by atomic mass is 28.3. The van der Waals surface area contributed by atoms with Crippen molar-refractivity contribution in [3.63, 3.8) is 0 Å². The van der Waals surface area contributed by atoms with E-state index in [4.69, 9.17) is 5.73 Å². The lowest BCUT2D eigenvalue weighted by atomic mass is 10.1. The van der Waals surface area contributed by atoms with E-state index in [1.807, 2.05) is 36.4 Å². The molecule has 2 aromatic carbocycles. The Morgan fingerprint density at radius 1 is 1.11 bits per heavy atom. The first-order valence-electron chi connectivity index (χ1n) is 9.10. The molecule has 2 aromatic rings. The zero-order chi connectivity index (χ0) is 20.2. The standard InChI is InChI=1S/C22H28N2O2Si/c1-22(2,3)27(4,5)14-8-11-19(20(23)25)24-21(26)18-13-12-16-9-6-7-10-17(16)15-18/h6-7,9-10,12-13,15,19H,11H2,1-5H3,(H2,23,25)(H,24,26)/t19-/m1/s1. The molecule has 0 saturated carbocycles. The molecule has 3 N–H and O–H groups in total. The summed E-state index contributed by atoms with van der Waals surface area (Å²) >= 11 is 0. The average Bonchev–Trinajstić information content (AvgIpc) is 2.59. The normalized spacial score (nSPS) is 12.8. The molecule has 4 nitrogen and oxygen atoms in total. The fourth-order valence-corrected chi connectivity index (χ4v) is 3.28. The lowest BCUT2D eigenvalue weighted by molar-refractivity contribution is -0.119. The minimum absolute atomic E-state index is 0.135. The molecule has 0 spiro atoms. The van der Waals surface area contributed by atoms with E-state index in [2.05, 4.69) is 50.6 Å². The molecular weight excluding hydrogens is 352 g/mol. The van der Waals surface area contributed by atoms with Crippen LogP contribution in [-0.2, 0) is 4.79 Å². The summed E-state index contributed by atoms with van der Waals surface area (Å²) in [6.45, 7) is 10.9. The number of carbonyl (C=O) groups excluding carboxylic acids is 2. The predicted molar refractivity (Wildman–Crippen MR) is 114 cm³/mol. The van der Waals surface area contributed by atoms with Gasteiger partial charge in [-0.15, -0.1) is 11.5 Å². The van der Waals surface area contributed by atoms with Crippen molar-refractivity contribution in [2.75, 3.05) is 0 Å². The van der Waals surface area contributed by atoms with E-state index in [1.54, 1.807) is 6.07 Å². The van der Waals surface area contributed by atoms with Crippen molar-refractivity contribution in [2.45, 2.75) is 51.4 Å². The Labute approximate surface area is 162 Å². The van der Waals surface area contributed by atoms with Crippen LogP contribution in [0.3, 0.4) is 0 Å². The van der Waals surface area contributed by atoms with Crippen LogP contribution in [0.25, 0.3) is 10.8 Å². The third kappa shape index (κ3) is 5.21. The molecule has 1 atom stereocenters. The number of nitrogens with one attached hydrogen (secondary N) is 1. The van der Waals surface area contributed by atoms with Crippen molar-refractivity contribution in [1.82, 2.24) is 5.32 Å². The summed E-state index contributed by atoms with van der Waals surface area (Å²) in [4.78, 5) is 24.3. The fourth-order valence-electron chi connectivity index (χ4n) is 2.36. The Hall–Kier alpha value is -2.58. The lowest BCUT2D eigenvalue weighted by Gasteiger charge is -2.31. The minimum Gasteiger partial charge on any atom is -0.368 e. The zero-order valence-corrected chi connectivity index (χ0v) is 17.7. The summed E-state index contributed by atoms with van der Waals surface area (Å²) in [5.41, 5.74) is 9.33. The highest BCUT2D eigenvalue weighted by molar-refractivity contribution is 6.87. The lowest BCUT2D eigenvalue weighted by Crippen LogP contribution is -2.44. The Bertz CT molecular complexity index is 917. The molecule has 0 unspecified atom stereocenters. The second kappa shape index (κ2) is 7.97. The molecule has 0 aliphatic carbocycles. The second-order valence-corrected chi connectivity index (χ2v) is 13.4. The van der Waals surface area contributed by atoms with Crippen LogP contribution in [0.15, 0.2) is 42.5 Å². The molecule has 0 radical (unpaired) electrons. The molecule has 2 amide bonds. The Morgan fingerprint density at radius 3 is 2.33 bits per heavy atom. The summed E-state index contributed by atoms with van der Waals surface area (Å²) in [5, 5.41) is 4.88. The van der Waals surface area contributed by atoms with Crippen LogP contribution in [0.4, 0.5) is 0 Å². The quantitative estimate of drug-likeness (QED) is 0.624. The Morgan fingerprint density at radius 2 is 1.74 bits per heavy atom. The van der Waals surface area contributed by atoms with Crippen molar-refractivity contribution in [3.05, 3.63) is 48.0 Å². The maximum Gasteiger partial charge on any atom is 0.251 e. The van der Waals surface area contributed by atoms with Gasteiger partial charge in [0, 0.05) is 12.0 Å². The maximum absolute atomic E-state index is 12.6. The van der Waals surface area contributed by atoms with Crippen molar-refractivity contribution >= 4 is 30.7 Å². The molecule has 0 saturated heterocycles. The summed E-state index contributed by atoms with van der Waals surface area (Å²) in [5.74, 6) is 2.20. The number of rotatable bonds is 4. The molecule has 0 aliphatic rings. The van der Waals surface area contributed by atoms with Crippen molar-refractivity contribution in [3.8, 4) is 11.5 Å². The van der Waals surface area contributed by atoms with Crippen LogP contribution in [0, 0.1) is 11.5 Å². The Kier molecular flexibility index (Phi) is 6.12. The first-order valence-corrected chi connectivity index (χ1v) is 12.1. The highest BCUT2D eigenvalue weighted by Gasteiger charge is 2.33. The van der Waals surface area contributed by atoms with Crippen LogP contribution in [0.1, 0.15) is 37.6 Å². The van der Waals surface area contributed by atoms with E-state index in [0.717, 1.165) is 10.8 Å². The molecule has 0 fully saturated rings. The number of hydrogen-bond donors (Lipinski definition) is 2. The number of carbonyl (C=O) groups is 2. The predicted octanol–water partition coefficient (Wildman–Crippen LogP) is 3.86. The topological polar surface area (TPSA) is 72.2 Å². The van der Waals surface area contributed by atoms with E-state index < -0.39 is 20.0 Å². The SMILES string of the molecule is CC(C)(C)[Si](C)(C)C#CC[C@@H](NC(=O)c1ccc2ccccc2c1)C(N)=O. The summed E-state index contributed by atoms with van der Waals surface area (Å²) < 4.78 is 0. The van der Waals surface area contributed by atoms with Gasteiger partial charge in [-0.25, -0.2) is 0 Å².